The second-order valence-corrected chi connectivity index (χ2v) is 5.30. The molecule has 0 unspecified atom stereocenters. The van der Waals surface area contributed by atoms with Crippen molar-refractivity contribution in [1.82, 2.24) is 20.1 Å². The number of hydrogen-bond donors (Lipinski definition) is 1. The van der Waals surface area contributed by atoms with Gasteiger partial charge in [-0.3, -0.25) is 4.79 Å². The van der Waals surface area contributed by atoms with Crippen LogP contribution in [0.4, 0.5) is 8.78 Å². The number of nitrogens with zero attached hydrogens (tertiary/aromatic N) is 3. The standard InChI is InChI=1S/C15H16F2N4O/c16-10-5-6-12(17)11(8-10)15(22)18-9-14-20-19-13-4-2-1-3-7-21(13)14/h5-6,8H,1-4,7,9H2,(H,18,22). The fraction of sp³-hybridized carbons (Fsp3) is 0.400. The molecule has 0 radical (unpaired) electrons. The van der Waals surface area contributed by atoms with Crippen LogP contribution in [0.25, 0.3) is 0 Å². The van der Waals surface area contributed by atoms with Crippen molar-refractivity contribution in [2.45, 2.75) is 38.8 Å². The number of hydrogen-bond acceptors (Lipinski definition) is 3. The van der Waals surface area contributed by atoms with E-state index in [1.165, 1.54) is 0 Å². The monoisotopic (exact) mass is 306 g/mol. The van der Waals surface area contributed by atoms with E-state index in [9.17, 15) is 13.6 Å². The minimum Gasteiger partial charge on any atom is -0.345 e. The van der Waals surface area contributed by atoms with Crippen LogP contribution >= 0.6 is 0 Å². The van der Waals surface area contributed by atoms with Crippen molar-refractivity contribution in [3.05, 3.63) is 47.0 Å². The topological polar surface area (TPSA) is 59.8 Å². The molecular weight excluding hydrogens is 290 g/mol. The minimum absolute atomic E-state index is 0.141. The molecule has 0 bridgehead atoms. The molecule has 0 spiro atoms. The molecule has 1 aliphatic rings. The molecule has 1 N–H and O–H groups in total. The van der Waals surface area contributed by atoms with Gasteiger partial charge in [0, 0.05) is 13.0 Å². The fourth-order valence-corrected chi connectivity index (χ4v) is 2.60. The summed E-state index contributed by atoms with van der Waals surface area (Å²) in [6.45, 7) is 0.962. The molecule has 1 aromatic carbocycles. The van der Waals surface area contributed by atoms with Crippen LogP contribution in [0.5, 0.6) is 0 Å². The molecule has 0 fully saturated rings. The van der Waals surface area contributed by atoms with E-state index < -0.39 is 17.5 Å². The quantitative estimate of drug-likeness (QED) is 0.946. The van der Waals surface area contributed by atoms with Crippen LogP contribution in [-0.4, -0.2) is 20.7 Å². The smallest absolute Gasteiger partial charge is 0.254 e. The van der Waals surface area contributed by atoms with Gasteiger partial charge in [-0.1, -0.05) is 6.42 Å². The van der Waals surface area contributed by atoms with Crippen molar-refractivity contribution in [1.29, 1.82) is 0 Å². The van der Waals surface area contributed by atoms with Crippen LogP contribution in [-0.2, 0) is 19.5 Å². The van der Waals surface area contributed by atoms with Gasteiger partial charge in [-0.05, 0) is 31.0 Å². The molecule has 1 aliphatic heterocycles. The first kappa shape index (κ1) is 14.6. The second-order valence-electron chi connectivity index (χ2n) is 5.30. The number of carbonyl (C=O) groups excluding carboxylic acids is 1. The number of benzene rings is 1. The molecule has 1 aromatic heterocycles. The van der Waals surface area contributed by atoms with Gasteiger partial charge in [0.1, 0.15) is 17.5 Å². The lowest BCUT2D eigenvalue weighted by Gasteiger charge is -2.08. The normalized spacial score (nSPS) is 14.3. The van der Waals surface area contributed by atoms with Gasteiger partial charge < -0.3 is 9.88 Å². The summed E-state index contributed by atoms with van der Waals surface area (Å²) in [6.07, 6.45) is 4.15. The van der Waals surface area contributed by atoms with Crippen LogP contribution in [0.2, 0.25) is 0 Å². The molecule has 0 saturated carbocycles. The first-order chi connectivity index (χ1) is 10.6. The average molecular weight is 306 g/mol. The molecule has 116 valence electrons. The van der Waals surface area contributed by atoms with Crippen LogP contribution < -0.4 is 5.32 Å². The molecule has 7 heteroatoms. The van der Waals surface area contributed by atoms with Gasteiger partial charge in [-0.2, -0.15) is 0 Å². The van der Waals surface area contributed by atoms with E-state index in [0.717, 1.165) is 56.3 Å². The Hall–Kier alpha value is -2.31. The zero-order chi connectivity index (χ0) is 15.5. The maximum absolute atomic E-state index is 13.6. The molecule has 2 heterocycles. The number of fused-ring (bicyclic) bond motifs is 1. The lowest BCUT2D eigenvalue weighted by atomic mass is 10.2. The Morgan fingerprint density at radius 2 is 2.09 bits per heavy atom. The van der Waals surface area contributed by atoms with Crippen LogP contribution in [0.1, 0.15) is 41.3 Å². The maximum atomic E-state index is 13.6. The predicted octanol–water partition coefficient (Wildman–Crippen LogP) is 2.21. The highest BCUT2D eigenvalue weighted by molar-refractivity contribution is 5.94. The summed E-state index contributed by atoms with van der Waals surface area (Å²) in [5.74, 6) is -0.509. The van der Waals surface area contributed by atoms with E-state index in [2.05, 4.69) is 15.5 Å². The maximum Gasteiger partial charge on any atom is 0.254 e. The SMILES string of the molecule is O=C(NCc1nnc2n1CCCCC2)c1cc(F)ccc1F. The summed E-state index contributed by atoms with van der Waals surface area (Å²) in [5, 5.41) is 10.8. The molecule has 22 heavy (non-hydrogen) atoms. The fourth-order valence-electron chi connectivity index (χ4n) is 2.60. The molecular formula is C15H16F2N4O. The van der Waals surface area contributed by atoms with Gasteiger partial charge in [-0.25, -0.2) is 8.78 Å². The Bertz CT molecular complexity index is 699. The summed E-state index contributed by atoms with van der Waals surface area (Å²) in [5.41, 5.74) is -0.310. The molecule has 0 aliphatic carbocycles. The van der Waals surface area contributed by atoms with Crippen LogP contribution in [0.15, 0.2) is 18.2 Å². The molecule has 0 saturated heterocycles. The lowest BCUT2D eigenvalue weighted by molar-refractivity contribution is 0.0945. The Morgan fingerprint density at radius 1 is 1.23 bits per heavy atom. The van der Waals surface area contributed by atoms with Gasteiger partial charge in [0.15, 0.2) is 5.82 Å². The summed E-state index contributed by atoms with van der Waals surface area (Å²) in [7, 11) is 0. The highest BCUT2D eigenvalue weighted by Gasteiger charge is 2.17. The summed E-state index contributed by atoms with van der Waals surface area (Å²) >= 11 is 0. The first-order valence-corrected chi connectivity index (χ1v) is 7.29. The number of aryl methyl sites for hydroxylation is 1. The third-order valence-electron chi connectivity index (χ3n) is 3.77. The summed E-state index contributed by atoms with van der Waals surface area (Å²) in [4.78, 5) is 12.0. The highest BCUT2D eigenvalue weighted by Crippen LogP contribution is 2.15. The average Bonchev–Trinajstić information content (AvgIpc) is 2.74. The lowest BCUT2D eigenvalue weighted by Crippen LogP contribution is -2.26. The highest BCUT2D eigenvalue weighted by atomic mass is 19.1. The largest absolute Gasteiger partial charge is 0.345 e. The molecule has 5 nitrogen and oxygen atoms in total. The van der Waals surface area contributed by atoms with Crippen molar-refractivity contribution in [3.63, 3.8) is 0 Å². The van der Waals surface area contributed by atoms with E-state index >= 15 is 0 Å². The van der Waals surface area contributed by atoms with Crippen molar-refractivity contribution in [2.75, 3.05) is 0 Å². The number of halogens is 2. The molecule has 2 aromatic rings. The predicted molar refractivity (Wildman–Crippen MR) is 75.1 cm³/mol. The van der Waals surface area contributed by atoms with Gasteiger partial charge in [0.2, 0.25) is 0 Å². The Labute approximate surface area is 126 Å². The van der Waals surface area contributed by atoms with Gasteiger partial charge in [0.25, 0.3) is 5.91 Å². The van der Waals surface area contributed by atoms with Gasteiger partial charge >= 0.3 is 0 Å². The van der Waals surface area contributed by atoms with Crippen molar-refractivity contribution >= 4 is 5.91 Å². The zero-order valence-electron chi connectivity index (χ0n) is 12.0. The van der Waals surface area contributed by atoms with Gasteiger partial charge in [-0.15, -0.1) is 10.2 Å². The second kappa shape index (κ2) is 6.21. The molecule has 1 amide bonds. The molecule has 0 atom stereocenters. The minimum atomic E-state index is -0.751. The third-order valence-corrected chi connectivity index (χ3v) is 3.77. The van der Waals surface area contributed by atoms with E-state index in [1.54, 1.807) is 0 Å². The first-order valence-electron chi connectivity index (χ1n) is 7.29. The van der Waals surface area contributed by atoms with E-state index in [4.69, 9.17) is 0 Å². The Kier molecular flexibility index (Phi) is 4.13. The zero-order valence-corrected chi connectivity index (χ0v) is 12.0. The van der Waals surface area contributed by atoms with E-state index in [0.29, 0.717) is 5.82 Å². The Morgan fingerprint density at radius 3 is 2.95 bits per heavy atom. The van der Waals surface area contributed by atoms with Crippen molar-refractivity contribution in [3.8, 4) is 0 Å². The van der Waals surface area contributed by atoms with Crippen molar-refractivity contribution < 1.29 is 13.6 Å². The van der Waals surface area contributed by atoms with E-state index in [1.807, 2.05) is 4.57 Å². The Balaban J connectivity index is 1.71. The number of carbonyl (C=O) groups is 1. The van der Waals surface area contributed by atoms with Crippen molar-refractivity contribution in [2.24, 2.45) is 0 Å². The summed E-state index contributed by atoms with van der Waals surface area (Å²) < 4.78 is 28.7. The van der Waals surface area contributed by atoms with Crippen LogP contribution in [0, 0.1) is 11.6 Å². The summed E-state index contributed by atoms with van der Waals surface area (Å²) in [6, 6.07) is 2.80. The number of amides is 1. The van der Waals surface area contributed by atoms with Crippen LogP contribution in [0.3, 0.4) is 0 Å². The number of nitrogens with one attached hydrogen (secondary N) is 1. The third kappa shape index (κ3) is 2.98. The number of aromatic nitrogens is 3. The van der Waals surface area contributed by atoms with E-state index in [-0.39, 0.29) is 12.1 Å². The van der Waals surface area contributed by atoms with Gasteiger partial charge in [0.05, 0.1) is 12.1 Å². The molecule has 3 rings (SSSR count). The number of rotatable bonds is 3.